The van der Waals surface area contributed by atoms with Crippen LogP contribution in [0.1, 0.15) is 38.7 Å². The first-order valence-corrected chi connectivity index (χ1v) is 8.16. The van der Waals surface area contributed by atoms with Crippen LogP contribution < -0.4 is 9.47 Å². The quantitative estimate of drug-likeness (QED) is 0.500. The van der Waals surface area contributed by atoms with Crippen LogP contribution in [0.2, 0.25) is 0 Å². The minimum atomic E-state index is -0.221. The second kappa shape index (κ2) is 8.73. The Labute approximate surface area is 141 Å². The minimum Gasteiger partial charge on any atom is -0.493 e. The standard InChI is InChI=1S/C12H13NO2.C8H8O/c1-2-3-4-12(14)15-11-7-5-10(9-13)6-8-11;1-2-9-8-5-6-3-4-7(6)8/h5-8H,2-4H2,1H3;3-5H,2H2,1H3. The summed E-state index contributed by atoms with van der Waals surface area (Å²) in [7, 11) is 0. The predicted molar refractivity (Wildman–Crippen MR) is 91.6 cm³/mol. The molecule has 0 spiro atoms. The molecule has 0 heterocycles. The number of carbonyl (C=O) groups excluding carboxylic acids is 1. The fraction of sp³-hybridized carbons (Fsp3) is 0.300. The van der Waals surface area contributed by atoms with Crippen LogP contribution in [0.4, 0.5) is 0 Å². The molecule has 0 atom stereocenters. The second-order valence-corrected chi connectivity index (χ2v) is 5.36. The van der Waals surface area contributed by atoms with Crippen LogP contribution in [-0.4, -0.2) is 12.6 Å². The number of benzene rings is 2. The minimum absolute atomic E-state index is 0.221. The summed E-state index contributed by atoms with van der Waals surface area (Å²) in [6.07, 6.45) is 2.26. The van der Waals surface area contributed by atoms with Crippen molar-refractivity contribution in [1.29, 1.82) is 5.26 Å². The number of hydrogen-bond donors (Lipinski definition) is 0. The maximum Gasteiger partial charge on any atom is 0.311 e. The maximum atomic E-state index is 11.2. The fourth-order valence-corrected chi connectivity index (χ4v) is 2.13. The Morgan fingerprint density at radius 1 is 1.12 bits per heavy atom. The van der Waals surface area contributed by atoms with Gasteiger partial charge in [0.05, 0.1) is 18.2 Å². The van der Waals surface area contributed by atoms with Gasteiger partial charge in [0.2, 0.25) is 0 Å². The summed E-state index contributed by atoms with van der Waals surface area (Å²) in [5, 5.41) is 11.2. The van der Waals surface area contributed by atoms with Gasteiger partial charge in [-0.1, -0.05) is 25.5 Å². The molecule has 4 heteroatoms. The zero-order valence-corrected chi connectivity index (χ0v) is 14.0. The highest BCUT2D eigenvalue weighted by Gasteiger charge is 2.05. The molecule has 0 saturated carbocycles. The Balaban J connectivity index is 0.000000194. The van der Waals surface area contributed by atoms with Gasteiger partial charge in [-0.15, -0.1) is 0 Å². The molecule has 0 unspecified atom stereocenters. The third kappa shape index (κ3) is 4.60. The summed E-state index contributed by atoms with van der Waals surface area (Å²) in [5.41, 5.74) is 0.559. The number of rotatable bonds is 6. The Hall–Kier alpha value is -2.80. The number of nitrogens with zero attached hydrogens (tertiary/aromatic N) is 1. The Morgan fingerprint density at radius 2 is 1.88 bits per heavy atom. The van der Waals surface area contributed by atoms with E-state index in [4.69, 9.17) is 14.7 Å². The number of hydrogen-bond acceptors (Lipinski definition) is 4. The number of ether oxygens (including phenoxy) is 2. The van der Waals surface area contributed by atoms with E-state index in [1.807, 2.05) is 19.9 Å². The van der Waals surface area contributed by atoms with E-state index in [1.165, 1.54) is 10.4 Å². The van der Waals surface area contributed by atoms with E-state index >= 15 is 0 Å². The van der Waals surface area contributed by atoms with Crippen molar-refractivity contribution < 1.29 is 14.3 Å². The van der Waals surface area contributed by atoms with Crippen molar-refractivity contribution in [2.24, 2.45) is 0 Å². The highest BCUT2D eigenvalue weighted by atomic mass is 16.5. The first kappa shape index (κ1) is 17.6. The lowest BCUT2D eigenvalue weighted by Gasteiger charge is -2.10. The zero-order valence-electron chi connectivity index (χ0n) is 14.0. The highest BCUT2D eigenvalue weighted by molar-refractivity contribution is 5.72. The lowest BCUT2D eigenvalue weighted by Crippen LogP contribution is -2.07. The molecule has 2 aliphatic rings. The summed E-state index contributed by atoms with van der Waals surface area (Å²) in [5.74, 6) is 1.34. The number of unbranched alkanes of at least 4 members (excludes halogenated alkanes) is 1. The van der Waals surface area contributed by atoms with Crippen molar-refractivity contribution in [3.05, 3.63) is 58.5 Å². The average molecular weight is 323 g/mol. The predicted octanol–water partition coefficient (Wildman–Crippen LogP) is 4.34. The molecule has 24 heavy (non-hydrogen) atoms. The first-order chi connectivity index (χ1) is 11.7. The van der Waals surface area contributed by atoms with Gasteiger partial charge >= 0.3 is 5.97 Å². The molecular weight excluding hydrogens is 302 g/mol. The van der Waals surface area contributed by atoms with Gasteiger partial charge in [0, 0.05) is 11.6 Å². The van der Waals surface area contributed by atoms with Crippen LogP contribution in [0.15, 0.2) is 42.5 Å². The van der Waals surface area contributed by atoms with Crippen LogP contribution in [0, 0.1) is 21.8 Å². The summed E-state index contributed by atoms with van der Waals surface area (Å²) in [6, 6.07) is 14.8. The molecule has 0 fully saturated rings. The summed E-state index contributed by atoms with van der Waals surface area (Å²) in [4.78, 5) is 11.2. The van der Waals surface area contributed by atoms with Crippen LogP contribution in [0.25, 0.3) is 0 Å². The van der Waals surface area contributed by atoms with Crippen LogP contribution >= 0.6 is 0 Å². The summed E-state index contributed by atoms with van der Waals surface area (Å²) < 4.78 is 10.3. The van der Waals surface area contributed by atoms with Gasteiger partial charge in [-0.3, -0.25) is 4.79 Å². The fourth-order valence-electron chi connectivity index (χ4n) is 2.13. The van der Waals surface area contributed by atoms with Gasteiger partial charge in [-0.2, -0.15) is 5.26 Å². The number of esters is 1. The molecule has 2 aliphatic carbocycles. The molecule has 3 rings (SSSR count). The molecule has 124 valence electrons. The third-order valence-corrected chi connectivity index (χ3v) is 3.54. The third-order valence-electron chi connectivity index (χ3n) is 3.54. The molecule has 4 nitrogen and oxygen atoms in total. The molecule has 0 saturated heterocycles. The van der Waals surface area contributed by atoms with E-state index in [1.54, 1.807) is 24.3 Å². The van der Waals surface area contributed by atoms with Crippen molar-refractivity contribution in [3.8, 4) is 17.6 Å². The van der Waals surface area contributed by atoms with E-state index < -0.39 is 0 Å². The maximum absolute atomic E-state index is 11.2. The lowest BCUT2D eigenvalue weighted by atomic mass is 10.1. The number of carbonyl (C=O) groups is 1. The number of nitriles is 1. The molecule has 0 aromatic heterocycles. The molecule has 0 N–H and O–H groups in total. The van der Waals surface area contributed by atoms with Gasteiger partial charge in [-0.25, -0.2) is 0 Å². The Bertz CT molecular complexity index is 819. The van der Waals surface area contributed by atoms with Gasteiger partial charge in [0.25, 0.3) is 0 Å². The normalized spacial score (nSPS) is 10.0. The topological polar surface area (TPSA) is 59.3 Å². The molecule has 1 aromatic carbocycles. The monoisotopic (exact) mass is 323 g/mol. The van der Waals surface area contributed by atoms with Crippen molar-refractivity contribution in [1.82, 2.24) is 0 Å². The zero-order chi connectivity index (χ0) is 17.4. The first-order valence-electron chi connectivity index (χ1n) is 8.16. The molecular formula is C20H21NO3. The van der Waals surface area contributed by atoms with E-state index in [0.29, 0.717) is 17.7 Å². The summed E-state index contributed by atoms with van der Waals surface area (Å²) >= 11 is 0. The van der Waals surface area contributed by atoms with E-state index in [-0.39, 0.29) is 5.97 Å². The molecule has 0 aliphatic heterocycles. The molecule has 0 bridgehead atoms. The average Bonchev–Trinajstić information content (AvgIpc) is 2.58. The van der Waals surface area contributed by atoms with E-state index in [0.717, 1.165) is 25.2 Å². The van der Waals surface area contributed by atoms with Crippen LogP contribution in [0.3, 0.4) is 0 Å². The van der Waals surface area contributed by atoms with Crippen molar-refractivity contribution >= 4 is 5.97 Å². The molecule has 1 aromatic rings. The van der Waals surface area contributed by atoms with E-state index in [9.17, 15) is 4.79 Å². The SMILES string of the molecule is CCCCC(=O)Oc1ccc(C#N)cc1.CCOc1cc2ccc1=2. The molecule has 0 radical (unpaired) electrons. The van der Waals surface area contributed by atoms with Crippen molar-refractivity contribution in [2.45, 2.75) is 33.1 Å². The van der Waals surface area contributed by atoms with Crippen molar-refractivity contribution in [2.75, 3.05) is 6.61 Å². The second-order valence-electron chi connectivity index (χ2n) is 5.36. The Morgan fingerprint density at radius 3 is 2.33 bits per heavy atom. The summed E-state index contributed by atoms with van der Waals surface area (Å²) in [6.45, 7) is 4.80. The van der Waals surface area contributed by atoms with E-state index in [2.05, 4.69) is 18.2 Å². The lowest BCUT2D eigenvalue weighted by molar-refractivity contribution is -0.134. The van der Waals surface area contributed by atoms with Gasteiger partial charge in [-0.05, 0) is 48.9 Å². The van der Waals surface area contributed by atoms with Gasteiger partial charge in [0.15, 0.2) is 0 Å². The smallest absolute Gasteiger partial charge is 0.311 e. The largest absolute Gasteiger partial charge is 0.493 e. The van der Waals surface area contributed by atoms with Crippen molar-refractivity contribution in [3.63, 3.8) is 0 Å². The molecule has 0 amide bonds. The Kier molecular flexibility index (Phi) is 6.39. The van der Waals surface area contributed by atoms with Crippen LogP contribution in [-0.2, 0) is 4.79 Å². The van der Waals surface area contributed by atoms with Gasteiger partial charge < -0.3 is 9.47 Å². The highest BCUT2D eigenvalue weighted by Crippen LogP contribution is 2.23. The van der Waals surface area contributed by atoms with Crippen LogP contribution in [0.5, 0.6) is 11.5 Å². The van der Waals surface area contributed by atoms with Gasteiger partial charge in [0.1, 0.15) is 11.5 Å².